The van der Waals surface area contributed by atoms with Gasteiger partial charge in [0.1, 0.15) is 12.4 Å². The number of piperidine rings is 1. The number of nitro groups is 1. The van der Waals surface area contributed by atoms with Crippen LogP contribution in [0.4, 0.5) is 11.4 Å². The molecule has 110 valence electrons. The second-order valence-electron chi connectivity index (χ2n) is 5.16. The van der Waals surface area contributed by atoms with Crippen LogP contribution in [-0.4, -0.2) is 43.1 Å². The van der Waals surface area contributed by atoms with Crippen LogP contribution in [0.1, 0.15) is 19.3 Å². The largest absolute Gasteiger partial charge is 0.492 e. The SMILES string of the molecule is CNc1cc(OCC2CCCCN2C)cc([N+](=O)[O-])c1. The Kier molecular flexibility index (Phi) is 4.79. The van der Waals surface area contributed by atoms with Crippen LogP contribution in [0.5, 0.6) is 5.75 Å². The van der Waals surface area contributed by atoms with Gasteiger partial charge < -0.3 is 15.0 Å². The molecular formula is C14H21N3O3. The Balaban J connectivity index is 2.04. The highest BCUT2D eigenvalue weighted by molar-refractivity contribution is 5.56. The normalized spacial score (nSPS) is 19.6. The monoisotopic (exact) mass is 279 g/mol. The van der Waals surface area contributed by atoms with Gasteiger partial charge in [0.05, 0.1) is 11.0 Å². The number of nitro benzene ring substituents is 1. The van der Waals surface area contributed by atoms with Crippen LogP contribution in [0.15, 0.2) is 18.2 Å². The zero-order chi connectivity index (χ0) is 14.5. The summed E-state index contributed by atoms with van der Waals surface area (Å²) in [6.45, 7) is 1.66. The number of nitrogens with zero attached hydrogens (tertiary/aromatic N) is 2. The molecule has 1 aliphatic rings. The zero-order valence-corrected chi connectivity index (χ0v) is 12.0. The van der Waals surface area contributed by atoms with Crippen molar-refractivity contribution in [1.29, 1.82) is 0 Å². The predicted molar refractivity (Wildman–Crippen MR) is 78.4 cm³/mol. The van der Waals surface area contributed by atoms with Gasteiger partial charge in [0.2, 0.25) is 0 Å². The number of likely N-dealkylation sites (N-methyl/N-ethyl adjacent to an activating group) is 1. The minimum atomic E-state index is -0.402. The maximum atomic E-state index is 10.9. The molecule has 0 aliphatic carbocycles. The van der Waals surface area contributed by atoms with E-state index in [1.807, 2.05) is 0 Å². The molecule has 2 rings (SSSR count). The van der Waals surface area contributed by atoms with Crippen LogP contribution >= 0.6 is 0 Å². The number of hydrogen-bond donors (Lipinski definition) is 1. The summed E-state index contributed by atoms with van der Waals surface area (Å²) in [5, 5.41) is 13.8. The van der Waals surface area contributed by atoms with Gasteiger partial charge in [0.15, 0.2) is 0 Å². The number of benzene rings is 1. The van der Waals surface area contributed by atoms with Crippen LogP contribution < -0.4 is 10.1 Å². The molecule has 1 aromatic carbocycles. The zero-order valence-electron chi connectivity index (χ0n) is 12.0. The first kappa shape index (κ1) is 14.6. The van der Waals surface area contributed by atoms with Crippen LogP contribution in [0.3, 0.4) is 0 Å². The fourth-order valence-corrected chi connectivity index (χ4v) is 2.46. The van der Waals surface area contributed by atoms with Crippen molar-refractivity contribution in [3.05, 3.63) is 28.3 Å². The number of likely N-dealkylation sites (tertiary alicyclic amines) is 1. The van der Waals surface area contributed by atoms with Gasteiger partial charge in [0.25, 0.3) is 5.69 Å². The molecule has 0 radical (unpaired) electrons. The van der Waals surface area contributed by atoms with Gasteiger partial charge in [-0.25, -0.2) is 0 Å². The second-order valence-corrected chi connectivity index (χ2v) is 5.16. The summed E-state index contributed by atoms with van der Waals surface area (Å²) in [4.78, 5) is 12.8. The lowest BCUT2D eigenvalue weighted by molar-refractivity contribution is -0.384. The van der Waals surface area contributed by atoms with E-state index in [-0.39, 0.29) is 5.69 Å². The number of anilines is 1. The van der Waals surface area contributed by atoms with E-state index in [1.165, 1.54) is 25.0 Å². The van der Waals surface area contributed by atoms with E-state index in [9.17, 15) is 10.1 Å². The molecule has 0 saturated carbocycles. The third-order valence-electron chi connectivity index (χ3n) is 3.75. The smallest absolute Gasteiger partial charge is 0.275 e. The molecule has 1 aliphatic heterocycles. The highest BCUT2D eigenvalue weighted by atomic mass is 16.6. The van der Waals surface area contributed by atoms with Crippen molar-refractivity contribution in [2.75, 3.05) is 32.6 Å². The second kappa shape index (κ2) is 6.56. The lowest BCUT2D eigenvalue weighted by Crippen LogP contribution is -2.40. The highest BCUT2D eigenvalue weighted by Gasteiger charge is 2.20. The van der Waals surface area contributed by atoms with Crippen LogP contribution in [-0.2, 0) is 0 Å². The third-order valence-corrected chi connectivity index (χ3v) is 3.75. The van der Waals surface area contributed by atoms with Gasteiger partial charge in [-0.15, -0.1) is 0 Å². The Labute approximate surface area is 118 Å². The molecule has 1 N–H and O–H groups in total. The van der Waals surface area contributed by atoms with Crippen LogP contribution in [0.25, 0.3) is 0 Å². The van der Waals surface area contributed by atoms with E-state index in [1.54, 1.807) is 13.1 Å². The van der Waals surface area contributed by atoms with Gasteiger partial charge in [-0.3, -0.25) is 10.1 Å². The van der Waals surface area contributed by atoms with Gasteiger partial charge in [0, 0.05) is 30.9 Å². The molecule has 6 nitrogen and oxygen atoms in total. The molecule has 1 saturated heterocycles. The van der Waals surface area contributed by atoms with Crippen LogP contribution in [0, 0.1) is 10.1 Å². The van der Waals surface area contributed by atoms with Gasteiger partial charge in [-0.1, -0.05) is 6.42 Å². The summed E-state index contributed by atoms with van der Waals surface area (Å²) in [5.41, 5.74) is 0.732. The third kappa shape index (κ3) is 3.60. The molecule has 0 bridgehead atoms. The van der Waals surface area contributed by atoms with E-state index in [0.29, 0.717) is 24.1 Å². The molecule has 0 spiro atoms. The topological polar surface area (TPSA) is 67.6 Å². The maximum Gasteiger partial charge on any atom is 0.275 e. The molecule has 1 aromatic rings. The Bertz CT molecular complexity index is 479. The first-order valence-electron chi connectivity index (χ1n) is 6.90. The lowest BCUT2D eigenvalue weighted by Gasteiger charge is -2.32. The van der Waals surface area contributed by atoms with Gasteiger partial charge >= 0.3 is 0 Å². The summed E-state index contributed by atoms with van der Waals surface area (Å²) in [5.74, 6) is 0.544. The predicted octanol–water partition coefficient (Wildman–Crippen LogP) is 2.50. The van der Waals surface area contributed by atoms with E-state index in [2.05, 4.69) is 17.3 Å². The number of nitrogens with one attached hydrogen (secondary N) is 1. The summed E-state index contributed by atoms with van der Waals surface area (Å²) in [6, 6.07) is 5.15. The molecule has 20 heavy (non-hydrogen) atoms. The molecular weight excluding hydrogens is 258 g/mol. The van der Waals surface area contributed by atoms with Crippen molar-refractivity contribution < 1.29 is 9.66 Å². The van der Waals surface area contributed by atoms with E-state index < -0.39 is 4.92 Å². The summed E-state index contributed by atoms with van der Waals surface area (Å²) in [7, 11) is 3.83. The molecule has 1 unspecified atom stereocenters. The first-order valence-corrected chi connectivity index (χ1v) is 6.90. The van der Waals surface area contributed by atoms with Crippen molar-refractivity contribution in [3.8, 4) is 5.75 Å². The Morgan fingerprint density at radius 1 is 1.45 bits per heavy atom. The Hall–Kier alpha value is -1.82. The summed E-state index contributed by atoms with van der Waals surface area (Å²) < 4.78 is 5.76. The van der Waals surface area contributed by atoms with Gasteiger partial charge in [-0.2, -0.15) is 0 Å². The fourth-order valence-electron chi connectivity index (χ4n) is 2.46. The number of ether oxygens (including phenoxy) is 1. The lowest BCUT2D eigenvalue weighted by atomic mass is 10.0. The number of non-ortho nitro benzene ring substituents is 1. The van der Waals surface area contributed by atoms with Crippen molar-refractivity contribution in [2.45, 2.75) is 25.3 Å². The summed E-state index contributed by atoms with van der Waals surface area (Å²) >= 11 is 0. The summed E-state index contributed by atoms with van der Waals surface area (Å²) in [6.07, 6.45) is 3.56. The molecule has 1 fully saturated rings. The standard InChI is InChI=1S/C14H21N3O3/c1-15-11-7-13(17(18)19)9-14(8-11)20-10-12-5-3-4-6-16(12)2/h7-9,12,15H,3-6,10H2,1-2H3. The van der Waals surface area contributed by atoms with Crippen molar-refractivity contribution in [1.82, 2.24) is 4.90 Å². The molecule has 0 aromatic heterocycles. The molecule has 1 atom stereocenters. The Morgan fingerprint density at radius 3 is 2.90 bits per heavy atom. The average Bonchev–Trinajstić information content (AvgIpc) is 2.46. The van der Waals surface area contributed by atoms with E-state index >= 15 is 0 Å². The average molecular weight is 279 g/mol. The Morgan fingerprint density at radius 2 is 2.25 bits per heavy atom. The molecule has 0 amide bonds. The van der Waals surface area contributed by atoms with Crippen molar-refractivity contribution in [2.24, 2.45) is 0 Å². The van der Waals surface area contributed by atoms with Gasteiger partial charge in [-0.05, 0) is 26.4 Å². The van der Waals surface area contributed by atoms with Crippen LogP contribution in [0.2, 0.25) is 0 Å². The quantitative estimate of drug-likeness (QED) is 0.662. The van der Waals surface area contributed by atoms with Crippen molar-refractivity contribution >= 4 is 11.4 Å². The highest BCUT2D eigenvalue weighted by Crippen LogP contribution is 2.26. The fraction of sp³-hybridized carbons (Fsp3) is 0.571. The first-order chi connectivity index (χ1) is 9.60. The molecule has 1 heterocycles. The number of rotatable bonds is 5. The van der Waals surface area contributed by atoms with E-state index in [0.717, 1.165) is 13.0 Å². The van der Waals surface area contributed by atoms with E-state index in [4.69, 9.17) is 4.74 Å². The minimum Gasteiger partial charge on any atom is -0.492 e. The van der Waals surface area contributed by atoms with Crippen molar-refractivity contribution in [3.63, 3.8) is 0 Å². The maximum absolute atomic E-state index is 10.9. The minimum absolute atomic E-state index is 0.0452. The molecule has 6 heteroatoms. The number of hydrogen-bond acceptors (Lipinski definition) is 5.